The number of benzene rings is 2. The smallest absolute Gasteiger partial charge is 0.275 e. The Morgan fingerprint density at radius 3 is 2.34 bits per heavy atom. The van der Waals surface area contributed by atoms with Gasteiger partial charge in [0.1, 0.15) is 5.01 Å². The lowest BCUT2D eigenvalue weighted by atomic mass is 10.1. The highest BCUT2D eigenvalue weighted by Gasteiger charge is 2.13. The first kappa shape index (κ1) is 19.5. The van der Waals surface area contributed by atoms with E-state index in [0.29, 0.717) is 11.5 Å². The van der Waals surface area contributed by atoms with E-state index >= 15 is 0 Å². The van der Waals surface area contributed by atoms with E-state index in [2.05, 4.69) is 65.5 Å². The first-order valence-corrected chi connectivity index (χ1v) is 10.6. The lowest BCUT2D eigenvalue weighted by Crippen LogP contribution is -2.25. The van der Waals surface area contributed by atoms with E-state index in [1.165, 1.54) is 32.5 Å². The van der Waals surface area contributed by atoms with Gasteiger partial charge in [-0.3, -0.25) is 9.69 Å². The molecule has 148 valence electrons. The van der Waals surface area contributed by atoms with Gasteiger partial charge in [-0.15, -0.1) is 0 Å². The minimum atomic E-state index is -0.115. The minimum Gasteiger partial charge on any atom is -0.289 e. The maximum atomic E-state index is 12.5. The van der Waals surface area contributed by atoms with Crippen molar-refractivity contribution in [3.8, 4) is 0 Å². The molecule has 4 aromatic rings. The molecule has 0 aliphatic rings. The molecule has 0 unspecified atom stereocenters. The highest BCUT2D eigenvalue weighted by atomic mass is 32.1. The van der Waals surface area contributed by atoms with Crippen molar-refractivity contribution in [1.82, 2.24) is 19.5 Å². The standard InChI is InChI=1S/C23H24N4OS/c1-3-21-25-27-22(28)13-20(24-23(27)29-21)16-26(14-18-7-5-4-6-8-18)15-19-11-9-17(2)10-12-19/h4-13H,3,14-16H2,1-2H3. The Hall–Kier alpha value is -2.83. The van der Waals surface area contributed by atoms with Crippen molar-refractivity contribution in [3.05, 3.63) is 98.4 Å². The molecule has 6 heteroatoms. The van der Waals surface area contributed by atoms with Crippen molar-refractivity contribution in [2.45, 2.75) is 39.9 Å². The number of nitrogens with zero attached hydrogens (tertiary/aromatic N) is 4. The van der Waals surface area contributed by atoms with Gasteiger partial charge >= 0.3 is 0 Å². The van der Waals surface area contributed by atoms with Gasteiger partial charge in [0.25, 0.3) is 5.56 Å². The molecule has 2 aromatic heterocycles. The fourth-order valence-electron chi connectivity index (χ4n) is 3.31. The van der Waals surface area contributed by atoms with E-state index in [1.807, 2.05) is 13.0 Å². The van der Waals surface area contributed by atoms with Crippen LogP contribution in [-0.2, 0) is 26.1 Å². The molecule has 0 saturated heterocycles. The molecule has 0 atom stereocenters. The van der Waals surface area contributed by atoms with Crippen molar-refractivity contribution < 1.29 is 0 Å². The molecule has 0 radical (unpaired) electrons. The summed E-state index contributed by atoms with van der Waals surface area (Å²) in [5.41, 5.74) is 4.40. The van der Waals surface area contributed by atoms with E-state index in [4.69, 9.17) is 4.98 Å². The van der Waals surface area contributed by atoms with Crippen molar-refractivity contribution >= 4 is 16.3 Å². The second-order valence-electron chi connectivity index (χ2n) is 7.25. The molecular weight excluding hydrogens is 380 g/mol. The van der Waals surface area contributed by atoms with Gasteiger partial charge in [0.15, 0.2) is 0 Å². The van der Waals surface area contributed by atoms with Gasteiger partial charge in [-0.2, -0.15) is 9.61 Å². The van der Waals surface area contributed by atoms with Crippen LogP contribution in [0.5, 0.6) is 0 Å². The number of hydrogen-bond donors (Lipinski definition) is 0. The summed E-state index contributed by atoms with van der Waals surface area (Å²) in [5.74, 6) is 0. The maximum Gasteiger partial charge on any atom is 0.275 e. The zero-order valence-electron chi connectivity index (χ0n) is 16.7. The minimum absolute atomic E-state index is 0.115. The number of hydrogen-bond acceptors (Lipinski definition) is 5. The SMILES string of the molecule is CCc1nn2c(=O)cc(CN(Cc3ccccc3)Cc3ccc(C)cc3)nc2s1. The number of fused-ring (bicyclic) bond motifs is 1. The Labute approximate surface area is 174 Å². The van der Waals surface area contributed by atoms with Gasteiger partial charge in [0, 0.05) is 25.7 Å². The van der Waals surface area contributed by atoms with Gasteiger partial charge in [0.2, 0.25) is 4.96 Å². The van der Waals surface area contributed by atoms with E-state index in [0.717, 1.165) is 30.2 Å². The van der Waals surface area contributed by atoms with E-state index in [9.17, 15) is 4.79 Å². The number of rotatable bonds is 7. The first-order chi connectivity index (χ1) is 14.1. The molecule has 4 rings (SSSR count). The van der Waals surface area contributed by atoms with Crippen LogP contribution < -0.4 is 5.56 Å². The third kappa shape index (κ3) is 4.78. The lowest BCUT2D eigenvalue weighted by Gasteiger charge is -2.22. The van der Waals surface area contributed by atoms with Crippen LogP contribution >= 0.6 is 11.3 Å². The monoisotopic (exact) mass is 404 g/mol. The highest BCUT2D eigenvalue weighted by molar-refractivity contribution is 7.16. The molecule has 0 amide bonds. The maximum absolute atomic E-state index is 12.5. The van der Waals surface area contributed by atoms with Gasteiger partial charge in [-0.1, -0.05) is 78.4 Å². The van der Waals surface area contributed by atoms with Crippen LogP contribution in [0.25, 0.3) is 4.96 Å². The molecule has 0 spiro atoms. The molecule has 0 aliphatic carbocycles. The normalized spacial score (nSPS) is 11.4. The average molecular weight is 405 g/mol. The van der Waals surface area contributed by atoms with Crippen LogP contribution in [0.3, 0.4) is 0 Å². The molecule has 0 N–H and O–H groups in total. The van der Waals surface area contributed by atoms with Crippen LogP contribution in [-0.4, -0.2) is 19.5 Å². The zero-order chi connectivity index (χ0) is 20.2. The summed E-state index contributed by atoms with van der Waals surface area (Å²) in [6, 6.07) is 20.6. The van der Waals surface area contributed by atoms with Crippen molar-refractivity contribution in [2.24, 2.45) is 0 Å². The Balaban J connectivity index is 1.62. The van der Waals surface area contributed by atoms with E-state index in [1.54, 1.807) is 6.07 Å². The molecule has 2 aromatic carbocycles. The third-order valence-corrected chi connectivity index (χ3v) is 5.86. The topological polar surface area (TPSA) is 50.5 Å². The summed E-state index contributed by atoms with van der Waals surface area (Å²) in [6.07, 6.45) is 0.802. The summed E-state index contributed by atoms with van der Waals surface area (Å²) >= 11 is 1.48. The van der Waals surface area contributed by atoms with Crippen LogP contribution in [0.15, 0.2) is 65.5 Å². The molecule has 0 aliphatic heterocycles. The first-order valence-electron chi connectivity index (χ1n) is 9.81. The Morgan fingerprint density at radius 2 is 1.66 bits per heavy atom. The van der Waals surface area contributed by atoms with Crippen molar-refractivity contribution in [2.75, 3.05) is 0 Å². The van der Waals surface area contributed by atoms with E-state index in [-0.39, 0.29) is 5.56 Å². The zero-order valence-corrected chi connectivity index (χ0v) is 17.5. The molecule has 29 heavy (non-hydrogen) atoms. The van der Waals surface area contributed by atoms with Gasteiger partial charge in [0.05, 0.1) is 5.69 Å². The van der Waals surface area contributed by atoms with Crippen LogP contribution in [0.4, 0.5) is 0 Å². The molecule has 0 bridgehead atoms. The predicted octanol–water partition coefficient (Wildman–Crippen LogP) is 4.22. The van der Waals surface area contributed by atoms with Crippen molar-refractivity contribution in [1.29, 1.82) is 0 Å². The fourth-order valence-corrected chi connectivity index (χ4v) is 4.17. The molecule has 2 heterocycles. The summed E-state index contributed by atoms with van der Waals surface area (Å²) < 4.78 is 1.41. The largest absolute Gasteiger partial charge is 0.289 e. The predicted molar refractivity (Wildman–Crippen MR) is 117 cm³/mol. The second kappa shape index (κ2) is 8.68. The summed E-state index contributed by atoms with van der Waals surface area (Å²) in [7, 11) is 0. The van der Waals surface area contributed by atoms with Gasteiger partial charge in [-0.05, 0) is 24.5 Å². The summed E-state index contributed by atoms with van der Waals surface area (Å²) in [4.78, 5) is 20.2. The van der Waals surface area contributed by atoms with Gasteiger partial charge < -0.3 is 0 Å². The Kier molecular flexibility index (Phi) is 5.83. The Bertz CT molecular complexity index is 1150. The number of aromatic nitrogens is 3. The fraction of sp³-hybridized carbons (Fsp3) is 0.261. The second-order valence-corrected chi connectivity index (χ2v) is 8.29. The summed E-state index contributed by atoms with van der Waals surface area (Å²) in [5, 5.41) is 5.26. The Morgan fingerprint density at radius 1 is 0.966 bits per heavy atom. The molecule has 0 fully saturated rings. The molecule has 0 saturated carbocycles. The van der Waals surface area contributed by atoms with Gasteiger partial charge in [-0.25, -0.2) is 4.98 Å². The summed E-state index contributed by atoms with van der Waals surface area (Å²) in [6.45, 7) is 6.32. The molecule has 5 nitrogen and oxygen atoms in total. The molecular formula is C23H24N4OS. The van der Waals surface area contributed by atoms with Crippen molar-refractivity contribution in [3.63, 3.8) is 0 Å². The lowest BCUT2D eigenvalue weighted by molar-refractivity contribution is 0.244. The third-order valence-electron chi connectivity index (χ3n) is 4.80. The number of aryl methyl sites for hydroxylation is 2. The highest BCUT2D eigenvalue weighted by Crippen LogP contribution is 2.16. The quantitative estimate of drug-likeness (QED) is 0.463. The average Bonchev–Trinajstić information content (AvgIpc) is 3.14. The van der Waals surface area contributed by atoms with Crippen LogP contribution in [0.1, 0.15) is 34.3 Å². The van der Waals surface area contributed by atoms with Crippen LogP contribution in [0.2, 0.25) is 0 Å². The van der Waals surface area contributed by atoms with E-state index < -0.39 is 0 Å². The van der Waals surface area contributed by atoms with Crippen LogP contribution in [0, 0.1) is 6.92 Å².